The molecular formula is C16H27N3O6. The van der Waals surface area contributed by atoms with Crippen molar-refractivity contribution in [3.05, 3.63) is 0 Å². The highest BCUT2D eigenvalue weighted by Gasteiger charge is 2.49. The number of hydrogen-bond acceptors (Lipinski definition) is 8. The zero-order chi connectivity index (χ0) is 19.1. The van der Waals surface area contributed by atoms with Crippen molar-refractivity contribution in [2.75, 3.05) is 6.54 Å². The summed E-state index contributed by atoms with van der Waals surface area (Å²) in [6, 6.07) is -1.88. The van der Waals surface area contributed by atoms with Gasteiger partial charge in [0.15, 0.2) is 6.10 Å². The predicted molar refractivity (Wildman–Crippen MR) is 87.8 cm³/mol. The van der Waals surface area contributed by atoms with Gasteiger partial charge in [0.05, 0.1) is 0 Å². The molecule has 1 fully saturated rings. The lowest BCUT2D eigenvalue weighted by Gasteiger charge is -2.37. The Kier molecular flexibility index (Phi) is 7.98. The van der Waals surface area contributed by atoms with Crippen molar-refractivity contribution < 1.29 is 28.7 Å². The minimum atomic E-state index is -0.978. The maximum absolute atomic E-state index is 12.0. The van der Waals surface area contributed by atoms with Gasteiger partial charge >= 0.3 is 17.9 Å². The summed E-state index contributed by atoms with van der Waals surface area (Å²) in [5.41, 5.74) is 10.9. The SMILES string of the molecule is CC[C@H](C)[C@@H]1C(=O)O[C@H]1C(=O)NCCC[C@H](N)C(=O)OC(=O)[C@H](C)N. The van der Waals surface area contributed by atoms with Gasteiger partial charge < -0.3 is 26.3 Å². The predicted octanol–water partition coefficient (Wildman–Crippen LogP) is -0.785. The van der Waals surface area contributed by atoms with E-state index in [1.807, 2.05) is 13.8 Å². The molecule has 0 aromatic carbocycles. The molecule has 5 atom stereocenters. The number of rotatable bonds is 9. The van der Waals surface area contributed by atoms with Gasteiger partial charge in [0.25, 0.3) is 5.91 Å². The van der Waals surface area contributed by atoms with E-state index in [4.69, 9.17) is 16.2 Å². The minimum absolute atomic E-state index is 0.0719. The summed E-state index contributed by atoms with van der Waals surface area (Å²) in [7, 11) is 0. The number of nitrogens with two attached hydrogens (primary N) is 2. The number of esters is 3. The first kappa shape index (κ1) is 21.0. The van der Waals surface area contributed by atoms with Crippen LogP contribution < -0.4 is 16.8 Å². The zero-order valence-electron chi connectivity index (χ0n) is 14.8. The topological polar surface area (TPSA) is 151 Å². The summed E-state index contributed by atoms with van der Waals surface area (Å²) < 4.78 is 9.43. The van der Waals surface area contributed by atoms with Crippen LogP contribution >= 0.6 is 0 Å². The van der Waals surface area contributed by atoms with Crippen LogP contribution in [0.4, 0.5) is 0 Å². The average molecular weight is 357 g/mol. The van der Waals surface area contributed by atoms with E-state index in [0.717, 1.165) is 6.42 Å². The summed E-state index contributed by atoms with van der Waals surface area (Å²) in [4.78, 5) is 46.3. The Hall–Kier alpha value is -2.00. The Labute approximate surface area is 146 Å². The number of amides is 1. The normalized spacial score (nSPS) is 22.8. The van der Waals surface area contributed by atoms with E-state index in [1.165, 1.54) is 6.92 Å². The van der Waals surface area contributed by atoms with E-state index in [0.29, 0.717) is 6.42 Å². The van der Waals surface area contributed by atoms with Crippen molar-refractivity contribution in [2.45, 2.75) is 58.2 Å². The Morgan fingerprint density at radius 1 is 1.24 bits per heavy atom. The second-order valence-corrected chi connectivity index (χ2v) is 6.34. The second-order valence-electron chi connectivity index (χ2n) is 6.34. The summed E-state index contributed by atoms with van der Waals surface area (Å²) in [5.74, 6) is -2.73. The van der Waals surface area contributed by atoms with Crippen LogP contribution in [-0.4, -0.2) is 48.5 Å². The van der Waals surface area contributed by atoms with Crippen LogP contribution in [0.2, 0.25) is 0 Å². The molecule has 0 radical (unpaired) electrons. The van der Waals surface area contributed by atoms with Crippen molar-refractivity contribution in [3.63, 3.8) is 0 Å². The zero-order valence-corrected chi connectivity index (χ0v) is 14.8. The van der Waals surface area contributed by atoms with E-state index in [1.54, 1.807) is 0 Å². The molecule has 1 aliphatic rings. The van der Waals surface area contributed by atoms with Gasteiger partial charge in [0.2, 0.25) is 0 Å². The molecule has 142 valence electrons. The highest BCUT2D eigenvalue weighted by atomic mass is 16.6. The largest absolute Gasteiger partial charge is 0.451 e. The summed E-state index contributed by atoms with van der Waals surface area (Å²) in [6.45, 7) is 5.51. The van der Waals surface area contributed by atoms with E-state index in [-0.39, 0.29) is 30.8 Å². The van der Waals surface area contributed by atoms with Crippen LogP contribution in [0, 0.1) is 11.8 Å². The number of cyclic esters (lactones) is 1. The molecular weight excluding hydrogens is 330 g/mol. The first-order chi connectivity index (χ1) is 11.7. The Morgan fingerprint density at radius 2 is 1.88 bits per heavy atom. The molecule has 9 nitrogen and oxygen atoms in total. The fourth-order valence-electron chi connectivity index (χ4n) is 2.35. The maximum Gasteiger partial charge on any atom is 0.330 e. The minimum Gasteiger partial charge on any atom is -0.451 e. The van der Waals surface area contributed by atoms with Crippen molar-refractivity contribution >= 4 is 23.8 Å². The summed E-state index contributed by atoms with van der Waals surface area (Å²) in [5, 5.41) is 2.66. The molecule has 0 bridgehead atoms. The summed E-state index contributed by atoms with van der Waals surface area (Å²) >= 11 is 0. The van der Waals surface area contributed by atoms with Crippen LogP contribution in [0.25, 0.3) is 0 Å². The number of ether oxygens (including phenoxy) is 2. The first-order valence-electron chi connectivity index (χ1n) is 8.43. The van der Waals surface area contributed by atoms with Gasteiger partial charge in [-0.15, -0.1) is 0 Å². The third kappa shape index (κ3) is 5.79. The Balaban J connectivity index is 2.29. The molecule has 0 aliphatic carbocycles. The second kappa shape index (κ2) is 9.47. The fourth-order valence-corrected chi connectivity index (χ4v) is 2.35. The molecule has 5 N–H and O–H groups in total. The Morgan fingerprint density at radius 3 is 2.40 bits per heavy atom. The molecule has 0 aromatic heterocycles. The van der Waals surface area contributed by atoms with Crippen LogP contribution in [0.5, 0.6) is 0 Å². The maximum atomic E-state index is 12.0. The number of hydrogen-bond donors (Lipinski definition) is 3. The molecule has 0 spiro atoms. The van der Waals surface area contributed by atoms with E-state index < -0.39 is 36.0 Å². The van der Waals surface area contributed by atoms with Gasteiger partial charge in [-0.05, 0) is 25.7 Å². The highest BCUT2D eigenvalue weighted by molar-refractivity contribution is 5.94. The molecule has 1 heterocycles. The molecule has 0 saturated carbocycles. The van der Waals surface area contributed by atoms with Gasteiger partial charge in [0, 0.05) is 6.54 Å². The summed E-state index contributed by atoms with van der Waals surface area (Å²) in [6.07, 6.45) is 0.652. The van der Waals surface area contributed by atoms with Crippen molar-refractivity contribution in [2.24, 2.45) is 23.3 Å². The Bertz CT molecular complexity index is 522. The first-order valence-corrected chi connectivity index (χ1v) is 8.43. The molecule has 1 aliphatic heterocycles. The third-order valence-electron chi connectivity index (χ3n) is 4.22. The lowest BCUT2D eigenvalue weighted by atomic mass is 9.83. The van der Waals surface area contributed by atoms with Crippen molar-refractivity contribution in [1.82, 2.24) is 5.32 Å². The lowest BCUT2D eigenvalue weighted by Crippen LogP contribution is -2.56. The standard InChI is InChI=1S/C16H27N3O6/c1-4-8(2)11-12(24-16(11)23)13(20)19-7-5-6-10(18)15(22)25-14(21)9(3)17/h8-12H,4-7,17-18H2,1-3H3,(H,19,20)/t8-,9-,10-,11-,12+/m0/s1. The van der Waals surface area contributed by atoms with Gasteiger partial charge in [-0.1, -0.05) is 20.3 Å². The molecule has 0 unspecified atom stereocenters. The molecule has 0 aromatic rings. The average Bonchev–Trinajstić information content (AvgIpc) is 2.55. The monoisotopic (exact) mass is 357 g/mol. The number of nitrogens with one attached hydrogen (secondary N) is 1. The lowest BCUT2D eigenvalue weighted by molar-refractivity contribution is -0.193. The van der Waals surface area contributed by atoms with Crippen LogP contribution in [0.1, 0.15) is 40.0 Å². The third-order valence-corrected chi connectivity index (χ3v) is 4.22. The highest BCUT2D eigenvalue weighted by Crippen LogP contribution is 2.31. The van der Waals surface area contributed by atoms with Crippen molar-refractivity contribution in [3.8, 4) is 0 Å². The van der Waals surface area contributed by atoms with Gasteiger partial charge in [-0.25, -0.2) is 9.59 Å². The van der Waals surface area contributed by atoms with E-state index in [9.17, 15) is 19.2 Å². The van der Waals surface area contributed by atoms with Crippen molar-refractivity contribution in [1.29, 1.82) is 0 Å². The van der Waals surface area contributed by atoms with E-state index >= 15 is 0 Å². The molecule has 1 saturated heterocycles. The molecule has 9 heteroatoms. The smallest absolute Gasteiger partial charge is 0.330 e. The quantitative estimate of drug-likeness (QED) is 0.276. The van der Waals surface area contributed by atoms with Crippen LogP contribution in [-0.2, 0) is 28.7 Å². The van der Waals surface area contributed by atoms with Gasteiger partial charge in [-0.2, -0.15) is 0 Å². The number of carbonyl (C=O) groups is 4. The van der Waals surface area contributed by atoms with Gasteiger partial charge in [0.1, 0.15) is 18.0 Å². The number of carbonyl (C=O) groups excluding carboxylic acids is 4. The molecule has 1 amide bonds. The molecule has 25 heavy (non-hydrogen) atoms. The van der Waals surface area contributed by atoms with Crippen LogP contribution in [0.3, 0.4) is 0 Å². The van der Waals surface area contributed by atoms with Gasteiger partial charge in [-0.3, -0.25) is 9.59 Å². The fraction of sp³-hybridized carbons (Fsp3) is 0.750. The van der Waals surface area contributed by atoms with E-state index in [2.05, 4.69) is 10.1 Å². The van der Waals surface area contributed by atoms with Crippen LogP contribution in [0.15, 0.2) is 0 Å². The molecule has 1 rings (SSSR count).